The first-order valence-electron chi connectivity index (χ1n) is 8.94. The van der Waals surface area contributed by atoms with Crippen molar-refractivity contribution in [2.75, 3.05) is 13.2 Å². The number of amides is 2. The van der Waals surface area contributed by atoms with Crippen molar-refractivity contribution >= 4 is 6.03 Å². The van der Waals surface area contributed by atoms with Crippen molar-refractivity contribution in [2.45, 2.75) is 44.1 Å². The van der Waals surface area contributed by atoms with Crippen LogP contribution in [-0.2, 0) is 11.8 Å². The van der Waals surface area contributed by atoms with Gasteiger partial charge in [-0.05, 0) is 44.2 Å². The van der Waals surface area contributed by atoms with Gasteiger partial charge in [0.25, 0.3) is 0 Å². The van der Waals surface area contributed by atoms with Crippen molar-refractivity contribution in [3.63, 3.8) is 0 Å². The zero-order chi connectivity index (χ0) is 17.3. The molecule has 0 radical (unpaired) electrons. The lowest BCUT2D eigenvalue weighted by Gasteiger charge is -2.26. The van der Waals surface area contributed by atoms with Crippen LogP contribution in [0.1, 0.15) is 36.1 Å². The molecule has 4 rings (SSSR count). The molecule has 1 aliphatic heterocycles. The first-order chi connectivity index (χ1) is 12.2. The number of aromatic nitrogens is 2. The van der Waals surface area contributed by atoms with Crippen LogP contribution in [0, 0.1) is 6.92 Å². The van der Waals surface area contributed by atoms with Crippen LogP contribution in [0.15, 0.2) is 30.5 Å². The largest absolute Gasteiger partial charge is 0.493 e. The minimum Gasteiger partial charge on any atom is -0.493 e. The third kappa shape index (κ3) is 3.08. The van der Waals surface area contributed by atoms with Gasteiger partial charge >= 0.3 is 6.03 Å². The van der Waals surface area contributed by atoms with E-state index in [4.69, 9.17) is 4.74 Å². The van der Waals surface area contributed by atoms with Crippen molar-refractivity contribution in [3.8, 4) is 5.75 Å². The Morgan fingerprint density at radius 1 is 1.44 bits per heavy atom. The highest BCUT2D eigenvalue weighted by Gasteiger charge is 2.58. The highest BCUT2D eigenvalue weighted by atomic mass is 16.5. The van der Waals surface area contributed by atoms with Crippen LogP contribution >= 0.6 is 0 Å². The molecule has 1 aromatic heterocycles. The zero-order valence-electron chi connectivity index (χ0n) is 14.5. The third-order valence-electron chi connectivity index (χ3n) is 5.45. The van der Waals surface area contributed by atoms with E-state index in [9.17, 15) is 4.79 Å². The number of ether oxygens (including phenoxy) is 1. The lowest BCUT2D eigenvalue weighted by molar-refractivity contribution is 0.234. The Morgan fingerprint density at radius 2 is 2.32 bits per heavy atom. The second kappa shape index (κ2) is 6.43. The molecule has 0 unspecified atom stereocenters. The van der Waals surface area contributed by atoms with E-state index in [1.165, 1.54) is 11.1 Å². The van der Waals surface area contributed by atoms with Crippen LogP contribution in [0.25, 0.3) is 0 Å². The van der Waals surface area contributed by atoms with Crippen LogP contribution in [0.5, 0.6) is 5.75 Å². The van der Waals surface area contributed by atoms with Crippen molar-refractivity contribution in [2.24, 2.45) is 0 Å². The quantitative estimate of drug-likeness (QED) is 0.732. The number of carbonyl (C=O) groups excluding carboxylic acids is 1. The number of para-hydroxylation sites is 1. The number of H-pyrrole nitrogens is 1. The van der Waals surface area contributed by atoms with Crippen molar-refractivity contribution in [1.82, 2.24) is 20.8 Å². The maximum absolute atomic E-state index is 12.2. The lowest BCUT2D eigenvalue weighted by Crippen LogP contribution is -2.40. The van der Waals surface area contributed by atoms with E-state index in [1.54, 1.807) is 0 Å². The Morgan fingerprint density at radius 3 is 3.16 bits per heavy atom. The number of hydrogen-bond donors (Lipinski definition) is 3. The normalized spacial score (nSPS) is 23.6. The number of aromatic amines is 1. The summed E-state index contributed by atoms with van der Waals surface area (Å²) in [6.07, 6.45) is 5.64. The summed E-state index contributed by atoms with van der Waals surface area (Å²) < 4.78 is 5.74. The van der Waals surface area contributed by atoms with E-state index in [1.807, 2.05) is 31.3 Å². The number of urea groups is 1. The molecule has 6 heteroatoms. The van der Waals surface area contributed by atoms with Gasteiger partial charge in [-0.1, -0.05) is 18.2 Å². The van der Waals surface area contributed by atoms with Crippen molar-refractivity contribution in [1.29, 1.82) is 0 Å². The van der Waals surface area contributed by atoms with Gasteiger partial charge in [0, 0.05) is 29.3 Å². The van der Waals surface area contributed by atoms with E-state index in [-0.39, 0.29) is 17.5 Å². The maximum atomic E-state index is 12.2. The molecule has 6 nitrogen and oxygen atoms in total. The molecule has 0 saturated heterocycles. The van der Waals surface area contributed by atoms with E-state index in [0.717, 1.165) is 43.7 Å². The summed E-state index contributed by atoms with van der Waals surface area (Å²) in [5.41, 5.74) is 3.62. The molecule has 1 saturated carbocycles. The molecular weight excluding hydrogens is 316 g/mol. The predicted octanol–water partition coefficient (Wildman–Crippen LogP) is 2.44. The zero-order valence-corrected chi connectivity index (χ0v) is 14.5. The van der Waals surface area contributed by atoms with Gasteiger partial charge in [-0.15, -0.1) is 0 Å². The molecule has 1 spiro atoms. The number of carbonyl (C=O) groups is 1. The van der Waals surface area contributed by atoms with Gasteiger partial charge in [0.2, 0.25) is 0 Å². The van der Waals surface area contributed by atoms with Gasteiger partial charge in [-0.3, -0.25) is 5.10 Å². The first kappa shape index (κ1) is 16.0. The molecule has 2 aliphatic rings. The summed E-state index contributed by atoms with van der Waals surface area (Å²) in [4.78, 5) is 12.2. The second-order valence-corrected chi connectivity index (χ2v) is 7.03. The monoisotopic (exact) mass is 340 g/mol. The fourth-order valence-electron chi connectivity index (χ4n) is 3.87. The van der Waals surface area contributed by atoms with Crippen molar-refractivity contribution in [3.05, 3.63) is 47.3 Å². The minimum atomic E-state index is -0.0743. The molecule has 0 bridgehead atoms. The van der Waals surface area contributed by atoms with Crippen LogP contribution in [0.4, 0.5) is 4.79 Å². The molecule has 132 valence electrons. The van der Waals surface area contributed by atoms with Crippen molar-refractivity contribution < 1.29 is 9.53 Å². The minimum absolute atomic E-state index is 0.0695. The molecule has 2 heterocycles. The SMILES string of the molecule is Cc1[nH]ncc1CCCNC(=O)N[C@H]1C[C@@]12CCOc1ccccc12. The maximum Gasteiger partial charge on any atom is 0.315 e. The van der Waals surface area contributed by atoms with Gasteiger partial charge in [0.05, 0.1) is 12.8 Å². The Hall–Kier alpha value is -2.50. The van der Waals surface area contributed by atoms with Gasteiger partial charge in [0.1, 0.15) is 5.75 Å². The topological polar surface area (TPSA) is 79.0 Å². The number of nitrogens with zero attached hydrogens (tertiary/aromatic N) is 1. The summed E-state index contributed by atoms with van der Waals surface area (Å²) in [6, 6.07) is 8.31. The number of benzene rings is 1. The first-order valence-corrected chi connectivity index (χ1v) is 8.94. The molecule has 2 amide bonds. The van der Waals surface area contributed by atoms with Gasteiger partial charge in [-0.25, -0.2) is 4.79 Å². The molecular formula is C19H24N4O2. The lowest BCUT2D eigenvalue weighted by atomic mass is 9.89. The Kier molecular flexibility index (Phi) is 4.11. The smallest absolute Gasteiger partial charge is 0.315 e. The summed E-state index contributed by atoms with van der Waals surface area (Å²) in [5, 5.41) is 13.1. The average Bonchev–Trinajstić information content (AvgIpc) is 3.11. The van der Waals surface area contributed by atoms with Crippen LogP contribution in [0.3, 0.4) is 0 Å². The van der Waals surface area contributed by atoms with E-state index >= 15 is 0 Å². The van der Waals surface area contributed by atoms with Gasteiger partial charge in [-0.2, -0.15) is 5.10 Å². The van der Waals surface area contributed by atoms with Crippen LogP contribution < -0.4 is 15.4 Å². The van der Waals surface area contributed by atoms with E-state index in [2.05, 4.69) is 26.9 Å². The molecule has 25 heavy (non-hydrogen) atoms. The van der Waals surface area contributed by atoms with E-state index < -0.39 is 0 Å². The Balaban J connectivity index is 1.25. The summed E-state index contributed by atoms with van der Waals surface area (Å²) in [7, 11) is 0. The number of nitrogens with one attached hydrogen (secondary N) is 3. The highest BCUT2D eigenvalue weighted by Crippen LogP contribution is 2.55. The van der Waals surface area contributed by atoms with Gasteiger partial charge < -0.3 is 15.4 Å². The fraction of sp³-hybridized carbons (Fsp3) is 0.474. The van der Waals surface area contributed by atoms with Crippen LogP contribution in [0.2, 0.25) is 0 Å². The summed E-state index contributed by atoms with van der Waals surface area (Å²) >= 11 is 0. The van der Waals surface area contributed by atoms with Crippen LogP contribution in [-0.4, -0.2) is 35.4 Å². The summed E-state index contributed by atoms with van der Waals surface area (Å²) in [6.45, 7) is 3.40. The number of aryl methyl sites for hydroxylation is 2. The molecule has 2 aromatic rings. The predicted molar refractivity (Wildman–Crippen MR) is 94.8 cm³/mol. The molecule has 1 fully saturated rings. The molecule has 2 atom stereocenters. The summed E-state index contributed by atoms with van der Waals surface area (Å²) in [5.74, 6) is 0.967. The third-order valence-corrected chi connectivity index (χ3v) is 5.45. The second-order valence-electron chi connectivity index (χ2n) is 7.03. The Labute approximate surface area is 147 Å². The van der Waals surface area contributed by atoms with Gasteiger partial charge in [0.15, 0.2) is 0 Å². The highest BCUT2D eigenvalue weighted by molar-refractivity contribution is 5.75. The number of rotatable bonds is 5. The molecule has 1 aromatic carbocycles. The van der Waals surface area contributed by atoms with E-state index in [0.29, 0.717) is 6.54 Å². The molecule has 3 N–H and O–H groups in total. The standard InChI is InChI=1S/C19H24N4O2/c1-13-14(12-21-23-13)5-4-9-20-18(24)22-17-11-19(17)8-10-25-16-7-3-2-6-15(16)19/h2-3,6-7,12,17H,4-5,8-11H2,1H3,(H,21,23)(H2,20,22,24)/t17-,19+/m0/s1. The number of hydrogen-bond acceptors (Lipinski definition) is 3. The number of fused-ring (bicyclic) bond motifs is 2. The fourth-order valence-corrected chi connectivity index (χ4v) is 3.87. The Bertz CT molecular complexity index is 772. The molecule has 1 aliphatic carbocycles. The average molecular weight is 340 g/mol.